The van der Waals surface area contributed by atoms with Crippen LogP contribution < -0.4 is 10.6 Å². The molecule has 33 heavy (non-hydrogen) atoms. The van der Waals surface area contributed by atoms with Crippen LogP contribution >= 0.6 is 11.6 Å². The van der Waals surface area contributed by atoms with Gasteiger partial charge in [0, 0.05) is 26.7 Å². The zero-order valence-electron chi connectivity index (χ0n) is 18.7. The molecule has 0 aliphatic carbocycles. The Bertz CT molecular complexity index is 1110. The number of β-amino-alcohol motifs (C(OH)–C–C–N with tert-alkyl or cyclic N) is 1. The van der Waals surface area contributed by atoms with Crippen LogP contribution in [-0.4, -0.2) is 54.6 Å². The van der Waals surface area contributed by atoms with Gasteiger partial charge in [0.1, 0.15) is 5.82 Å². The van der Waals surface area contributed by atoms with Gasteiger partial charge < -0.3 is 15.7 Å². The normalized spacial score (nSPS) is 15.9. The Morgan fingerprint density at radius 1 is 1.30 bits per heavy atom. The van der Waals surface area contributed by atoms with Gasteiger partial charge >= 0.3 is 0 Å². The highest BCUT2D eigenvalue weighted by atomic mass is 35.5. The molecule has 1 unspecified atom stereocenters. The summed E-state index contributed by atoms with van der Waals surface area (Å²) in [5, 5.41) is 23.6. The van der Waals surface area contributed by atoms with Crippen molar-refractivity contribution in [2.24, 2.45) is 0 Å². The average molecular weight is 473 g/mol. The molecule has 2 aromatic rings. The highest BCUT2D eigenvalue weighted by Gasteiger charge is 2.52. The Morgan fingerprint density at radius 2 is 1.97 bits per heavy atom. The summed E-state index contributed by atoms with van der Waals surface area (Å²) >= 11 is 5.86. The van der Waals surface area contributed by atoms with Crippen molar-refractivity contribution in [2.75, 3.05) is 32.0 Å². The van der Waals surface area contributed by atoms with E-state index in [1.165, 1.54) is 13.1 Å². The molecule has 1 aliphatic heterocycles. The van der Waals surface area contributed by atoms with Crippen LogP contribution in [0.3, 0.4) is 0 Å². The molecule has 0 saturated carbocycles. The lowest BCUT2D eigenvalue weighted by atomic mass is 9.69. The monoisotopic (exact) mass is 472 g/mol. The van der Waals surface area contributed by atoms with Crippen molar-refractivity contribution in [1.29, 1.82) is 5.26 Å². The number of nitrogens with zero attached hydrogens (tertiary/aromatic N) is 2. The minimum atomic E-state index is -1.17. The van der Waals surface area contributed by atoms with Gasteiger partial charge in [-0.3, -0.25) is 14.5 Å². The summed E-state index contributed by atoms with van der Waals surface area (Å²) in [6.45, 7) is 4.67. The second kappa shape index (κ2) is 9.87. The number of hydrogen-bond acceptors (Lipinski definition) is 5. The van der Waals surface area contributed by atoms with Gasteiger partial charge in [-0.05, 0) is 29.2 Å². The molecular formula is C24H26ClFN4O3. The number of aliphatic hydroxyl groups is 1. The number of hydrogen-bond donors (Lipinski definition) is 3. The second-order valence-electron chi connectivity index (χ2n) is 8.48. The summed E-state index contributed by atoms with van der Waals surface area (Å²) < 4.78 is 14.2. The summed E-state index contributed by atoms with van der Waals surface area (Å²) in [6, 6.07) is 11.6. The third-order valence-electron chi connectivity index (χ3n) is 5.88. The minimum Gasteiger partial charge on any atom is -0.377 e. The number of anilines is 1. The van der Waals surface area contributed by atoms with Gasteiger partial charge in [0.25, 0.3) is 5.91 Å². The molecule has 1 fully saturated rings. The van der Waals surface area contributed by atoms with Gasteiger partial charge in [0.15, 0.2) is 6.10 Å². The number of nitriles is 1. The lowest BCUT2D eigenvalue weighted by Crippen LogP contribution is -2.66. The van der Waals surface area contributed by atoms with Crippen LogP contribution in [-0.2, 0) is 10.2 Å². The molecule has 3 rings (SSSR count). The van der Waals surface area contributed by atoms with E-state index in [-0.39, 0.29) is 41.8 Å². The smallest absolute Gasteiger partial charge is 0.253 e. The van der Waals surface area contributed by atoms with Gasteiger partial charge in [-0.1, -0.05) is 49.7 Å². The highest BCUT2D eigenvalue weighted by Crippen LogP contribution is 2.40. The predicted molar refractivity (Wildman–Crippen MR) is 124 cm³/mol. The Hall–Kier alpha value is -2.99. The standard InChI is InChI=1S/C24H26ClFN4O3/c1-14(2)16-6-4-5-7-18(16)24(12-30(13-24)11-15(31)10-27)23(33)29-21-9-20(26)19(25)8-17(21)22(32)28-3/h4-9,14-15,31H,11-13H2,1-3H3,(H,28,32)(H,29,33). The maximum Gasteiger partial charge on any atom is 0.253 e. The largest absolute Gasteiger partial charge is 0.377 e. The van der Waals surface area contributed by atoms with E-state index in [1.54, 1.807) is 6.07 Å². The lowest BCUT2D eigenvalue weighted by Gasteiger charge is -2.50. The molecule has 174 valence electrons. The fourth-order valence-electron chi connectivity index (χ4n) is 4.22. The Morgan fingerprint density at radius 3 is 2.58 bits per heavy atom. The molecule has 1 atom stereocenters. The number of carbonyl (C=O) groups is 2. The fraction of sp³-hybridized carbons (Fsp3) is 0.375. The fourth-order valence-corrected chi connectivity index (χ4v) is 4.38. The molecule has 2 aromatic carbocycles. The van der Waals surface area contributed by atoms with Crippen molar-refractivity contribution >= 4 is 29.1 Å². The van der Waals surface area contributed by atoms with Crippen molar-refractivity contribution in [1.82, 2.24) is 10.2 Å². The molecule has 7 nitrogen and oxygen atoms in total. The lowest BCUT2D eigenvalue weighted by molar-refractivity contribution is -0.128. The summed E-state index contributed by atoms with van der Waals surface area (Å²) in [7, 11) is 1.43. The molecule has 1 heterocycles. The number of rotatable bonds is 7. The first kappa shape index (κ1) is 24.6. The van der Waals surface area contributed by atoms with Crippen LogP contribution in [0.25, 0.3) is 0 Å². The van der Waals surface area contributed by atoms with Gasteiger partial charge in [-0.15, -0.1) is 0 Å². The van der Waals surface area contributed by atoms with Gasteiger partial charge in [-0.25, -0.2) is 4.39 Å². The van der Waals surface area contributed by atoms with Gasteiger partial charge in [0.05, 0.1) is 27.8 Å². The molecule has 0 aromatic heterocycles. The average Bonchev–Trinajstić information content (AvgIpc) is 2.77. The molecule has 0 radical (unpaired) electrons. The van der Waals surface area contributed by atoms with Crippen LogP contribution in [0.4, 0.5) is 10.1 Å². The van der Waals surface area contributed by atoms with E-state index in [0.717, 1.165) is 17.2 Å². The SMILES string of the molecule is CNC(=O)c1cc(Cl)c(F)cc1NC(=O)C1(c2ccccc2C(C)C)CN(CC(O)C#N)C1. The summed E-state index contributed by atoms with van der Waals surface area (Å²) in [5.74, 6) is -1.55. The number of amides is 2. The van der Waals surface area contributed by atoms with Crippen LogP contribution in [0.2, 0.25) is 5.02 Å². The summed E-state index contributed by atoms with van der Waals surface area (Å²) in [5.41, 5.74) is 0.850. The molecule has 1 saturated heterocycles. The van der Waals surface area contributed by atoms with E-state index in [2.05, 4.69) is 10.6 Å². The highest BCUT2D eigenvalue weighted by molar-refractivity contribution is 6.31. The van der Waals surface area contributed by atoms with Crippen molar-refractivity contribution in [3.8, 4) is 6.07 Å². The molecule has 2 amide bonds. The van der Waals surface area contributed by atoms with E-state index < -0.39 is 29.2 Å². The number of likely N-dealkylation sites (tertiary alicyclic amines) is 1. The third-order valence-corrected chi connectivity index (χ3v) is 6.17. The molecule has 0 spiro atoms. The molecule has 3 N–H and O–H groups in total. The van der Waals surface area contributed by atoms with E-state index in [1.807, 2.05) is 43.0 Å². The zero-order chi connectivity index (χ0) is 24.3. The maximum absolute atomic E-state index is 14.2. The zero-order valence-corrected chi connectivity index (χ0v) is 19.4. The second-order valence-corrected chi connectivity index (χ2v) is 8.89. The van der Waals surface area contributed by atoms with Crippen LogP contribution in [0.15, 0.2) is 36.4 Å². The Kier molecular flexibility index (Phi) is 7.38. The summed E-state index contributed by atoms with van der Waals surface area (Å²) in [4.78, 5) is 27.8. The number of halogens is 2. The first-order chi connectivity index (χ1) is 15.6. The van der Waals surface area contributed by atoms with E-state index in [0.29, 0.717) is 0 Å². The molecule has 9 heteroatoms. The molecular weight excluding hydrogens is 447 g/mol. The number of aliphatic hydroxyl groups excluding tert-OH is 1. The predicted octanol–water partition coefficient (Wildman–Crippen LogP) is 3.04. The first-order valence-corrected chi connectivity index (χ1v) is 10.9. The minimum absolute atomic E-state index is 0.0122. The van der Waals surface area contributed by atoms with Crippen molar-refractivity contribution in [2.45, 2.75) is 31.3 Å². The maximum atomic E-state index is 14.2. The Balaban J connectivity index is 2.02. The number of nitrogens with one attached hydrogen (secondary N) is 2. The van der Waals surface area contributed by atoms with E-state index >= 15 is 0 Å². The van der Waals surface area contributed by atoms with Crippen molar-refractivity contribution in [3.05, 3.63) is 63.9 Å². The van der Waals surface area contributed by atoms with Crippen LogP contribution in [0.1, 0.15) is 41.3 Å². The van der Waals surface area contributed by atoms with Gasteiger partial charge in [0.2, 0.25) is 5.91 Å². The molecule has 1 aliphatic rings. The topological polar surface area (TPSA) is 105 Å². The van der Waals surface area contributed by atoms with E-state index in [4.69, 9.17) is 16.9 Å². The molecule has 0 bridgehead atoms. The van der Waals surface area contributed by atoms with Gasteiger partial charge in [-0.2, -0.15) is 5.26 Å². The Labute approximate surface area is 197 Å². The number of benzene rings is 2. The third kappa shape index (κ3) is 4.86. The summed E-state index contributed by atoms with van der Waals surface area (Å²) in [6.07, 6.45) is -1.17. The quantitative estimate of drug-likeness (QED) is 0.537. The van der Waals surface area contributed by atoms with Crippen LogP contribution in [0.5, 0.6) is 0 Å². The number of carbonyl (C=O) groups excluding carboxylic acids is 2. The van der Waals surface area contributed by atoms with E-state index in [9.17, 15) is 19.1 Å². The van der Waals surface area contributed by atoms with Crippen LogP contribution in [0, 0.1) is 17.1 Å². The first-order valence-electron chi connectivity index (χ1n) is 10.5. The van der Waals surface area contributed by atoms with Crippen molar-refractivity contribution in [3.63, 3.8) is 0 Å². The van der Waals surface area contributed by atoms with Crippen molar-refractivity contribution < 1.29 is 19.1 Å².